The van der Waals surface area contributed by atoms with Crippen LogP contribution in [-0.4, -0.2) is 29.0 Å². The number of halogens is 5. The molecule has 13 heteroatoms. The van der Waals surface area contributed by atoms with Crippen LogP contribution in [0, 0.1) is 59.2 Å². The average molecular weight is 853 g/mol. The fourth-order valence-corrected chi connectivity index (χ4v) is 4.79. The molecule has 0 radical (unpaired) electrons. The zero-order valence-electron chi connectivity index (χ0n) is 26.5. The number of rotatable bonds is 0. The Labute approximate surface area is 285 Å². The van der Waals surface area contributed by atoms with Crippen LogP contribution in [0.4, 0.5) is 13.2 Å². The van der Waals surface area contributed by atoms with Gasteiger partial charge in [-0.3, -0.25) is 0 Å². The Kier molecular flexibility index (Phi) is 34.2. The van der Waals surface area contributed by atoms with Crippen LogP contribution < -0.4 is 0 Å². The van der Waals surface area contributed by atoms with Crippen LogP contribution in [0.1, 0.15) is 96.9 Å². The molecular formula is C27H54Cl2F3O3Ru2S3+2. The van der Waals surface area contributed by atoms with E-state index in [1.807, 2.05) is 62.3 Å². The summed E-state index contributed by atoms with van der Waals surface area (Å²) in [5.74, 6) is 9.35. The van der Waals surface area contributed by atoms with Crippen molar-refractivity contribution in [2.45, 2.75) is 113 Å². The van der Waals surface area contributed by atoms with Crippen LogP contribution >= 0.6 is 19.4 Å². The van der Waals surface area contributed by atoms with E-state index in [1.54, 1.807) is 0 Å². The molecule has 0 bridgehead atoms. The predicted molar refractivity (Wildman–Crippen MR) is 164 cm³/mol. The molecule has 0 spiro atoms. The summed E-state index contributed by atoms with van der Waals surface area (Å²) in [6, 6.07) is 0. The average Bonchev–Trinajstić information content (AvgIpc) is 3.10. The third-order valence-corrected chi connectivity index (χ3v) is 9.14. The standard InChI is InChI=1S/2C10H20.2C3H8S.CHF3O3S.2ClH.2Ru/c2*1-6-7(2)9(4)10(5)8(6)3;2*1-3(2)4;2-1(3,4)8(5,6)7;;;;/h2*6-10H,1-5H3;2*3-4H,1-2H3;(H,5,6,7);2*1H;;/q;;;;;;;+3;+4/p-5. The van der Waals surface area contributed by atoms with Crippen molar-refractivity contribution in [3.05, 3.63) is 0 Å². The molecule has 0 amide bonds. The number of alkyl halides is 3. The maximum atomic E-state index is 10.7. The molecule has 0 heterocycles. The van der Waals surface area contributed by atoms with Gasteiger partial charge in [0.05, 0.1) is 0 Å². The summed E-state index contributed by atoms with van der Waals surface area (Å²) < 4.78 is 58.9. The molecule has 3 nitrogen and oxygen atoms in total. The molecule has 0 saturated heterocycles. The molecular weight excluding hydrogens is 799 g/mol. The van der Waals surface area contributed by atoms with Crippen molar-refractivity contribution < 1.29 is 60.8 Å². The molecule has 0 aliphatic heterocycles. The molecule has 247 valence electrons. The van der Waals surface area contributed by atoms with E-state index in [1.165, 1.54) is 0 Å². The Bertz CT molecular complexity index is 561. The van der Waals surface area contributed by atoms with Gasteiger partial charge in [-0.05, 0) is 59.2 Å². The first-order chi connectivity index (χ1) is 17.8. The van der Waals surface area contributed by atoms with E-state index in [0.717, 1.165) is 59.2 Å². The van der Waals surface area contributed by atoms with Crippen LogP contribution in [0.15, 0.2) is 0 Å². The van der Waals surface area contributed by atoms with E-state index in [0.29, 0.717) is 10.5 Å². The van der Waals surface area contributed by atoms with Gasteiger partial charge in [0.15, 0.2) is 10.1 Å². The topological polar surface area (TPSA) is 57.2 Å². The van der Waals surface area contributed by atoms with E-state index >= 15 is 0 Å². The third kappa shape index (κ3) is 23.6. The summed E-state index contributed by atoms with van der Waals surface area (Å²) in [6.07, 6.45) is 0. The Morgan fingerprint density at radius 2 is 0.650 bits per heavy atom. The molecule has 0 atom stereocenters. The van der Waals surface area contributed by atoms with Crippen LogP contribution in [0.3, 0.4) is 0 Å². The monoisotopic (exact) mass is 853 g/mol. The SMILES string of the molecule is CC(C)[S-].CC(C)[S-].CC1C(C)C(C)C(C)C1C.CC1C(C)C(C)C(C)C1C.O=S(=O)([O-])C(F)(F)F.[Cl][Ru+2].[Cl][Ru+3]. The van der Waals surface area contributed by atoms with Crippen molar-refractivity contribution in [1.29, 1.82) is 0 Å². The van der Waals surface area contributed by atoms with Gasteiger partial charge in [0, 0.05) is 0 Å². The second-order valence-corrected chi connectivity index (χ2v) is 14.8. The van der Waals surface area contributed by atoms with Gasteiger partial charge in [0.2, 0.25) is 0 Å². The Morgan fingerprint density at radius 3 is 0.675 bits per heavy atom. The third-order valence-electron chi connectivity index (χ3n) is 8.58. The van der Waals surface area contributed by atoms with Crippen LogP contribution in [0.25, 0.3) is 0 Å². The second-order valence-electron chi connectivity index (χ2n) is 11.6. The Morgan fingerprint density at radius 1 is 0.600 bits per heavy atom. The Balaban J connectivity index is -0.000000129. The fraction of sp³-hybridized carbons (Fsp3) is 1.00. The summed E-state index contributed by atoms with van der Waals surface area (Å²) in [6.45, 7) is 31.9. The first-order valence-corrected chi connectivity index (χ1v) is 20.3. The van der Waals surface area contributed by atoms with Crippen LogP contribution in [-0.2, 0) is 70.0 Å². The fourth-order valence-electron chi connectivity index (χ4n) is 4.79. The van der Waals surface area contributed by atoms with E-state index in [9.17, 15) is 13.2 Å². The van der Waals surface area contributed by atoms with Crippen molar-refractivity contribution in [2.75, 3.05) is 0 Å². The molecule has 2 fully saturated rings. The van der Waals surface area contributed by atoms with Crippen molar-refractivity contribution in [3.8, 4) is 0 Å². The zero-order valence-corrected chi connectivity index (χ0v) is 33.9. The minimum absolute atomic E-state index is 0.417. The van der Waals surface area contributed by atoms with Gasteiger partial charge in [-0.25, -0.2) is 8.42 Å². The summed E-state index contributed by atoms with van der Waals surface area (Å²) in [7, 11) is 3.05. The van der Waals surface area contributed by atoms with E-state index in [-0.39, 0.29) is 0 Å². The van der Waals surface area contributed by atoms with Crippen molar-refractivity contribution >= 4 is 54.8 Å². The van der Waals surface area contributed by atoms with E-state index < -0.39 is 15.6 Å². The molecule has 0 aromatic carbocycles. The zero-order chi connectivity index (χ0) is 33.9. The van der Waals surface area contributed by atoms with Crippen molar-refractivity contribution in [2.24, 2.45) is 59.2 Å². The molecule has 40 heavy (non-hydrogen) atoms. The second kappa shape index (κ2) is 26.4. The molecule has 0 N–H and O–H groups in total. The molecule has 2 aliphatic carbocycles. The first-order valence-electron chi connectivity index (χ1n) is 13.4. The van der Waals surface area contributed by atoms with Crippen molar-refractivity contribution in [3.63, 3.8) is 0 Å². The summed E-state index contributed by atoms with van der Waals surface area (Å²) in [5, 5.41) is 0.833. The molecule has 2 rings (SSSR count). The first kappa shape index (κ1) is 51.8. The van der Waals surface area contributed by atoms with Crippen LogP contribution in [0.2, 0.25) is 0 Å². The quantitative estimate of drug-likeness (QED) is 0.105. The molecule has 0 aromatic rings. The van der Waals surface area contributed by atoms with E-state index in [4.69, 9.17) is 13.0 Å². The van der Waals surface area contributed by atoms with Gasteiger partial charge in [-0.1, -0.05) is 96.9 Å². The molecule has 2 saturated carbocycles. The minimum atomic E-state index is -6.09. The van der Waals surface area contributed by atoms with Crippen LogP contribution in [0.5, 0.6) is 0 Å². The Hall–Kier alpha value is 2.23. The van der Waals surface area contributed by atoms with Gasteiger partial charge in [-0.15, -0.1) is 0 Å². The molecule has 2 aliphatic rings. The van der Waals surface area contributed by atoms with Crippen molar-refractivity contribution in [1.82, 2.24) is 0 Å². The van der Waals surface area contributed by atoms with Gasteiger partial charge < -0.3 is 29.8 Å². The summed E-state index contributed by atoms with van der Waals surface area (Å²) >= 11 is 12.9. The maximum absolute atomic E-state index is 10.7. The molecule has 0 unspecified atom stereocenters. The van der Waals surface area contributed by atoms with Gasteiger partial charge in [0.1, 0.15) is 0 Å². The van der Waals surface area contributed by atoms with Gasteiger partial charge >= 0.3 is 59.5 Å². The normalized spacial score (nSPS) is 32.6. The summed E-state index contributed by atoms with van der Waals surface area (Å²) in [4.78, 5) is 0. The van der Waals surface area contributed by atoms with E-state index in [2.05, 4.69) is 114 Å². The van der Waals surface area contributed by atoms with Gasteiger partial charge in [-0.2, -0.15) is 23.7 Å². The predicted octanol–water partition coefficient (Wildman–Crippen LogP) is 9.67. The summed E-state index contributed by atoms with van der Waals surface area (Å²) in [5.41, 5.74) is -5.65. The number of hydrogen-bond acceptors (Lipinski definition) is 5. The van der Waals surface area contributed by atoms with Gasteiger partial charge in [0.25, 0.3) is 0 Å². The number of hydrogen-bond donors (Lipinski definition) is 0. The molecule has 0 aromatic heterocycles.